The first-order valence-corrected chi connectivity index (χ1v) is 7.96. The van der Waals surface area contributed by atoms with Crippen LogP contribution < -0.4 is 0 Å². The lowest BCUT2D eigenvalue weighted by Gasteiger charge is -2.13. The third-order valence-electron chi connectivity index (χ3n) is 4.30. The third kappa shape index (κ3) is 2.59. The molecule has 0 aliphatic heterocycles. The number of aromatic nitrogens is 3. The van der Waals surface area contributed by atoms with Crippen LogP contribution in [-0.2, 0) is 6.42 Å². The van der Waals surface area contributed by atoms with E-state index in [0.717, 1.165) is 18.5 Å². The summed E-state index contributed by atoms with van der Waals surface area (Å²) in [4.78, 5) is 27.2. The highest BCUT2D eigenvalue weighted by Gasteiger charge is 2.28. The van der Waals surface area contributed by atoms with Crippen LogP contribution in [-0.4, -0.2) is 25.5 Å². The zero-order valence-corrected chi connectivity index (χ0v) is 13.3. The van der Waals surface area contributed by atoms with Gasteiger partial charge in [-0.15, -0.1) is 0 Å². The number of Topliss-reactive ketones (excluding diaryl/α,β-unsaturated/α-hetero) is 1. The number of nitrogens with zero attached hydrogens (tertiary/aromatic N) is 4. The van der Waals surface area contributed by atoms with Crippen LogP contribution in [0.25, 0.3) is 17.1 Å². The van der Waals surface area contributed by atoms with Gasteiger partial charge in [-0.2, -0.15) is 5.10 Å². The molecule has 7 nitrogen and oxygen atoms in total. The monoisotopic (exact) mass is 334 g/mol. The smallest absolute Gasteiger partial charge is 0.269 e. The lowest BCUT2D eigenvalue weighted by Crippen LogP contribution is -2.13. The van der Waals surface area contributed by atoms with Crippen molar-refractivity contribution < 1.29 is 9.72 Å². The topological polar surface area (TPSA) is 90.9 Å². The van der Waals surface area contributed by atoms with Crippen LogP contribution in [0.5, 0.6) is 0 Å². The van der Waals surface area contributed by atoms with Gasteiger partial charge in [-0.1, -0.05) is 6.07 Å². The summed E-state index contributed by atoms with van der Waals surface area (Å²) in [7, 11) is 0. The number of benzene rings is 1. The molecule has 25 heavy (non-hydrogen) atoms. The predicted molar refractivity (Wildman–Crippen MR) is 90.7 cm³/mol. The number of ketones is 1. The standard InChI is InChI=1S/C18H14N4O3/c23-15-5-3-4-14-17(15)18(12-7-9-13(10-8-12)22(24)25)20-21(14)16-6-1-2-11-19-16/h1-2,6-11H,3-5H2. The Labute approximate surface area is 143 Å². The number of non-ortho nitro benzene ring substituents is 1. The molecule has 1 aromatic carbocycles. The van der Waals surface area contributed by atoms with Crippen LogP contribution in [0, 0.1) is 10.1 Å². The van der Waals surface area contributed by atoms with E-state index in [1.165, 1.54) is 12.1 Å². The molecule has 1 aliphatic carbocycles. The fraction of sp³-hybridized carbons (Fsp3) is 0.167. The molecular weight excluding hydrogens is 320 g/mol. The van der Waals surface area contributed by atoms with E-state index in [1.54, 1.807) is 23.0 Å². The summed E-state index contributed by atoms with van der Waals surface area (Å²) in [6.45, 7) is 0. The Hall–Kier alpha value is -3.35. The Bertz CT molecular complexity index is 962. The number of carbonyl (C=O) groups excluding carboxylic acids is 1. The number of nitro benzene ring substituents is 1. The second kappa shape index (κ2) is 5.94. The summed E-state index contributed by atoms with van der Waals surface area (Å²) in [5, 5.41) is 15.5. The van der Waals surface area contributed by atoms with E-state index in [9.17, 15) is 14.9 Å². The van der Waals surface area contributed by atoms with Crippen LogP contribution in [0.1, 0.15) is 28.9 Å². The first-order valence-electron chi connectivity index (χ1n) is 7.96. The van der Waals surface area contributed by atoms with Gasteiger partial charge in [0.25, 0.3) is 5.69 Å². The molecule has 4 rings (SSSR count). The van der Waals surface area contributed by atoms with Crippen molar-refractivity contribution in [3.8, 4) is 17.1 Å². The second-order valence-corrected chi connectivity index (χ2v) is 5.85. The first kappa shape index (κ1) is 15.2. The van der Waals surface area contributed by atoms with Crippen molar-refractivity contribution in [2.75, 3.05) is 0 Å². The second-order valence-electron chi connectivity index (χ2n) is 5.85. The SMILES string of the molecule is O=C1CCCc2c1c(-c1ccc([N+](=O)[O-])cc1)nn2-c1ccccn1. The molecule has 1 aliphatic rings. The fourth-order valence-corrected chi connectivity index (χ4v) is 3.13. The molecule has 2 heterocycles. The quantitative estimate of drug-likeness (QED) is 0.541. The van der Waals surface area contributed by atoms with Crippen LogP contribution in [0.4, 0.5) is 5.69 Å². The van der Waals surface area contributed by atoms with Crippen molar-refractivity contribution in [3.05, 3.63) is 70.0 Å². The normalized spacial score (nSPS) is 13.5. The van der Waals surface area contributed by atoms with Crippen LogP contribution >= 0.6 is 0 Å². The molecule has 0 amide bonds. The van der Waals surface area contributed by atoms with E-state index in [0.29, 0.717) is 29.1 Å². The van der Waals surface area contributed by atoms with Crippen molar-refractivity contribution in [1.82, 2.24) is 14.8 Å². The number of carbonyl (C=O) groups is 1. The van der Waals surface area contributed by atoms with Gasteiger partial charge in [-0.05, 0) is 37.1 Å². The number of hydrogen-bond acceptors (Lipinski definition) is 5. The summed E-state index contributed by atoms with van der Waals surface area (Å²) in [5.74, 6) is 0.707. The molecule has 0 radical (unpaired) electrons. The Balaban J connectivity index is 1.89. The molecule has 0 saturated heterocycles. The first-order chi connectivity index (χ1) is 12.1. The van der Waals surface area contributed by atoms with Crippen LogP contribution in [0.15, 0.2) is 48.7 Å². The molecule has 7 heteroatoms. The highest BCUT2D eigenvalue weighted by molar-refractivity contribution is 6.03. The molecule has 124 valence electrons. The van der Waals surface area contributed by atoms with E-state index in [4.69, 9.17) is 0 Å². The van der Waals surface area contributed by atoms with Crippen molar-refractivity contribution in [1.29, 1.82) is 0 Å². The Kier molecular flexibility index (Phi) is 3.61. The van der Waals surface area contributed by atoms with Gasteiger partial charge < -0.3 is 0 Å². The lowest BCUT2D eigenvalue weighted by molar-refractivity contribution is -0.384. The minimum absolute atomic E-state index is 0.00750. The van der Waals surface area contributed by atoms with E-state index in [1.807, 2.05) is 18.2 Å². The van der Waals surface area contributed by atoms with Gasteiger partial charge in [-0.25, -0.2) is 9.67 Å². The molecular formula is C18H14N4O3. The maximum absolute atomic E-state index is 12.5. The summed E-state index contributed by atoms with van der Waals surface area (Å²) in [6, 6.07) is 11.6. The van der Waals surface area contributed by atoms with Crippen molar-refractivity contribution in [2.45, 2.75) is 19.3 Å². The molecule has 0 bridgehead atoms. The number of rotatable bonds is 3. The Morgan fingerprint density at radius 3 is 2.56 bits per heavy atom. The molecule has 0 fully saturated rings. The summed E-state index contributed by atoms with van der Waals surface area (Å²) in [5.41, 5.74) is 2.70. The third-order valence-corrected chi connectivity index (χ3v) is 4.30. The molecule has 2 aromatic heterocycles. The molecule has 3 aromatic rings. The molecule has 0 saturated carbocycles. The minimum atomic E-state index is -0.448. The van der Waals surface area contributed by atoms with Crippen LogP contribution in [0.3, 0.4) is 0 Å². The summed E-state index contributed by atoms with van der Waals surface area (Å²) in [6.07, 6.45) is 3.70. The van der Waals surface area contributed by atoms with Gasteiger partial charge in [0.15, 0.2) is 11.6 Å². The number of fused-ring (bicyclic) bond motifs is 1. The van der Waals surface area contributed by atoms with Crippen molar-refractivity contribution >= 4 is 11.5 Å². The summed E-state index contributed by atoms with van der Waals surface area (Å²) >= 11 is 0. The highest BCUT2D eigenvalue weighted by atomic mass is 16.6. The average Bonchev–Trinajstić information content (AvgIpc) is 3.03. The molecule has 0 spiro atoms. The average molecular weight is 334 g/mol. The van der Waals surface area contributed by atoms with Gasteiger partial charge in [0.05, 0.1) is 16.2 Å². The number of hydrogen-bond donors (Lipinski definition) is 0. The largest absolute Gasteiger partial charge is 0.294 e. The Morgan fingerprint density at radius 1 is 1.08 bits per heavy atom. The Morgan fingerprint density at radius 2 is 1.88 bits per heavy atom. The lowest BCUT2D eigenvalue weighted by atomic mass is 9.92. The zero-order chi connectivity index (χ0) is 17.4. The van der Waals surface area contributed by atoms with Crippen LogP contribution in [0.2, 0.25) is 0 Å². The van der Waals surface area contributed by atoms with Gasteiger partial charge in [0.1, 0.15) is 5.69 Å². The van der Waals surface area contributed by atoms with Gasteiger partial charge in [-0.3, -0.25) is 14.9 Å². The molecule has 0 unspecified atom stereocenters. The van der Waals surface area contributed by atoms with E-state index in [-0.39, 0.29) is 11.5 Å². The number of pyridine rings is 1. The highest BCUT2D eigenvalue weighted by Crippen LogP contribution is 2.33. The van der Waals surface area contributed by atoms with Gasteiger partial charge >= 0.3 is 0 Å². The maximum Gasteiger partial charge on any atom is 0.269 e. The van der Waals surface area contributed by atoms with Crippen molar-refractivity contribution in [2.24, 2.45) is 0 Å². The van der Waals surface area contributed by atoms with E-state index >= 15 is 0 Å². The minimum Gasteiger partial charge on any atom is -0.294 e. The number of nitro groups is 1. The van der Waals surface area contributed by atoms with Crippen molar-refractivity contribution in [3.63, 3.8) is 0 Å². The van der Waals surface area contributed by atoms with E-state index < -0.39 is 4.92 Å². The zero-order valence-electron chi connectivity index (χ0n) is 13.3. The van der Waals surface area contributed by atoms with E-state index in [2.05, 4.69) is 10.1 Å². The molecule has 0 N–H and O–H groups in total. The molecule has 0 atom stereocenters. The fourth-order valence-electron chi connectivity index (χ4n) is 3.13. The van der Waals surface area contributed by atoms with Gasteiger partial charge in [0.2, 0.25) is 0 Å². The van der Waals surface area contributed by atoms with Gasteiger partial charge in [0, 0.05) is 30.3 Å². The predicted octanol–water partition coefficient (Wildman–Crippen LogP) is 3.36. The maximum atomic E-state index is 12.5. The summed E-state index contributed by atoms with van der Waals surface area (Å²) < 4.78 is 1.71.